The molecule has 0 spiro atoms. The molecule has 0 radical (unpaired) electrons. The van der Waals surface area contributed by atoms with Gasteiger partial charge in [0.05, 0.1) is 12.2 Å². The second kappa shape index (κ2) is 7.29. The van der Waals surface area contributed by atoms with E-state index in [2.05, 4.69) is 46.1 Å². The molecule has 0 fully saturated rings. The molecule has 3 N–H and O–H groups in total. The van der Waals surface area contributed by atoms with Crippen molar-refractivity contribution in [2.45, 2.75) is 45.2 Å². The zero-order valence-electron chi connectivity index (χ0n) is 13.8. The molecule has 7 nitrogen and oxygen atoms in total. The fourth-order valence-corrected chi connectivity index (χ4v) is 2.54. The first-order valence-corrected chi connectivity index (χ1v) is 7.78. The average Bonchev–Trinajstić information content (AvgIpc) is 2.94. The predicted molar refractivity (Wildman–Crippen MR) is 87.0 cm³/mol. The normalized spacial score (nSPS) is 18.0. The highest BCUT2D eigenvalue weighted by Crippen LogP contribution is 2.21. The molecule has 1 atom stereocenters. The first-order valence-electron chi connectivity index (χ1n) is 7.78. The number of guanidine groups is 1. The van der Waals surface area contributed by atoms with Crippen LogP contribution in [0.1, 0.15) is 37.6 Å². The largest absolute Gasteiger partial charge is 0.358 e. The van der Waals surface area contributed by atoms with Crippen molar-refractivity contribution in [3.63, 3.8) is 0 Å². The summed E-state index contributed by atoms with van der Waals surface area (Å²) in [4.78, 5) is 15.5. The lowest BCUT2D eigenvalue weighted by molar-refractivity contribution is -0.119. The zero-order valence-corrected chi connectivity index (χ0v) is 13.8. The summed E-state index contributed by atoms with van der Waals surface area (Å²) in [6.45, 7) is 4.49. The van der Waals surface area contributed by atoms with Crippen LogP contribution in [-0.4, -0.2) is 48.3 Å². The lowest BCUT2D eigenvalue weighted by Gasteiger charge is -2.24. The minimum Gasteiger partial charge on any atom is -0.358 e. The number of fused-ring (bicyclic) bond motifs is 1. The second-order valence-corrected chi connectivity index (χ2v) is 5.86. The van der Waals surface area contributed by atoms with Gasteiger partial charge in [-0.05, 0) is 32.3 Å². The van der Waals surface area contributed by atoms with Gasteiger partial charge >= 0.3 is 0 Å². The van der Waals surface area contributed by atoms with Crippen LogP contribution in [0.25, 0.3) is 0 Å². The maximum Gasteiger partial charge on any atom is 0.239 e. The van der Waals surface area contributed by atoms with Crippen molar-refractivity contribution < 1.29 is 4.79 Å². The van der Waals surface area contributed by atoms with Gasteiger partial charge < -0.3 is 16.0 Å². The van der Waals surface area contributed by atoms with Gasteiger partial charge in [-0.3, -0.25) is 14.5 Å². The highest BCUT2D eigenvalue weighted by atomic mass is 16.1. The van der Waals surface area contributed by atoms with Crippen molar-refractivity contribution >= 4 is 11.9 Å². The van der Waals surface area contributed by atoms with E-state index in [0.29, 0.717) is 18.0 Å². The maximum atomic E-state index is 11.3. The van der Waals surface area contributed by atoms with E-state index >= 15 is 0 Å². The van der Waals surface area contributed by atoms with E-state index < -0.39 is 0 Å². The monoisotopic (exact) mass is 306 g/mol. The number of aliphatic imine (C=N–C) groups is 1. The summed E-state index contributed by atoms with van der Waals surface area (Å²) >= 11 is 0. The number of carbonyl (C=O) groups excluding carboxylic acids is 1. The van der Waals surface area contributed by atoms with E-state index in [1.807, 2.05) is 4.68 Å². The van der Waals surface area contributed by atoms with Crippen LogP contribution in [0.5, 0.6) is 0 Å². The Bertz CT molecular complexity index is 548. The molecule has 1 aliphatic carbocycles. The summed E-state index contributed by atoms with van der Waals surface area (Å²) in [5.41, 5.74) is 2.51. The third-order valence-corrected chi connectivity index (χ3v) is 3.89. The molecule has 1 aliphatic rings. The number of nitrogens with zero attached hydrogens (tertiary/aromatic N) is 3. The molecule has 2 rings (SSSR count). The van der Waals surface area contributed by atoms with Gasteiger partial charge in [-0.2, -0.15) is 5.10 Å². The molecule has 7 heteroatoms. The number of likely N-dealkylation sites (N-methyl/N-ethyl adjacent to an activating group) is 1. The lowest BCUT2D eigenvalue weighted by Crippen LogP contribution is -2.48. The van der Waals surface area contributed by atoms with Crippen LogP contribution in [0.15, 0.2) is 11.2 Å². The Morgan fingerprint density at radius 3 is 2.95 bits per heavy atom. The maximum absolute atomic E-state index is 11.3. The fourth-order valence-electron chi connectivity index (χ4n) is 2.54. The van der Waals surface area contributed by atoms with Crippen molar-refractivity contribution in [3.05, 3.63) is 17.5 Å². The molecule has 1 aromatic rings. The van der Waals surface area contributed by atoms with Crippen LogP contribution in [0.3, 0.4) is 0 Å². The summed E-state index contributed by atoms with van der Waals surface area (Å²) in [5, 5.41) is 13.6. The number of aryl methyl sites for hydroxylation is 1. The van der Waals surface area contributed by atoms with Crippen LogP contribution >= 0.6 is 0 Å². The van der Waals surface area contributed by atoms with Crippen molar-refractivity contribution in [1.82, 2.24) is 25.7 Å². The van der Waals surface area contributed by atoms with Gasteiger partial charge in [0.25, 0.3) is 0 Å². The Balaban J connectivity index is 1.92. The van der Waals surface area contributed by atoms with E-state index in [-0.39, 0.29) is 12.5 Å². The van der Waals surface area contributed by atoms with Gasteiger partial charge in [-0.1, -0.05) is 0 Å². The topological polar surface area (TPSA) is 83.3 Å². The standard InChI is InChI=1S/C15H26N6O/c1-10(2)21-9-11-5-6-12(7-13(11)20-21)19-15(17-4)18-8-14(22)16-3/h9-10,12H,5-8H2,1-4H3,(H,16,22)(H2,17,18,19). The Morgan fingerprint density at radius 1 is 1.55 bits per heavy atom. The van der Waals surface area contributed by atoms with Crippen molar-refractivity contribution in [1.29, 1.82) is 0 Å². The number of nitrogens with one attached hydrogen (secondary N) is 3. The van der Waals surface area contributed by atoms with Crippen LogP contribution in [0.4, 0.5) is 0 Å². The van der Waals surface area contributed by atoms with E-state index in [1.165, 1.54) is 11.3 Å². The zero-order chi connectivity index (χ0) is 16.1. The third-order valence-electron chi connectivity index (χ3n) is 3.89. The molecule has 0 aliphatic heterocycles. The Labute approximate surface area is 131 Å². The van der Waals surface area contributed by atoms with Crippen molar-refractivity contribution in [2.24, 2.45) is 4.99 Å². The van der Waals surface area contributed by atoms with Gasteiger partial charge in [0.1, 0.15) is 0 Å². The van der Waals surface area contributed by atoms with E-state index in [0.717, 1.165) is 19.3 Å². The number of rotatable bonds is 4. The molecule has 0 bridgehead atoms. The molecule has 1 heterocycles. The van der Waals surface area contributed by atoms with Crippen molar-refractivity contribution in [2.75, 3.05) is 20.6 Å². The molecule has 1 amide bonds. The van der Waals surface area contributed by atoms with Crippen molar-refractivity contribution in [3.8, 4) is 0 Å². The van der Waals surface area contributed by atoms with Gasteiger partial charge in [-0.15, -0.1) is 0 Å². The Kier molecular flexibility index (Phi) is 5.41. The summed E-state index contributed by atoms with van der Waals surface area (Å²) in [6, 6.07) is 0.679. The molecule has 1 unspecified atom stereocenters. The molecule has 0 saturated carbocycles. The summed E-state index contributed by atoms with van der Waals surface area (Å²) in [7, 11) is 3.33. The molecule has 122 valence electrons. The first kappa shape index (κ1) is 16.3. The number of aromatic nitrogens is 2. The van der Waals surface area contributed by atoms with E-state index in [4.69, 9.17) is 0 Å². The average molecular weight is 306 g/mol. The third kappa shape index (κ3) is 3.99. The number of amides is 1. The Hall–Kier alpha value is -2.05. The minimum atomic E-state index is -0.0652. The molecular formula is C15H26N6O. The predicted octanol–water partition coefficient (Wildman–Crippen LogP) is 0.232. The first-order chi connectivity index (χ1) is 10.5. The minimum absolute atomic E-state index is 0.0652. The van der Waals surface area contributed by atoms with Gasteiger partial charge in [0, 0.05) is 38.8 Å². The van der Waals surface area contributed by atoms with Crippen LogP contribution in [0, 0.1) is 0 Å². The number of hydrogen-bond acceptors (Lipinski definition) is 3. The summed E-state index contributed by atoms with van der Waals surface area (Å²) in [5.74, 6) is 0.588. The van der Waals surface area contributed by atoms with Crippen LogP contribution in [-0.2, 0) is 17.6 Å². The molecular weight excluding hydrogens is 280 g/mol. The Morgan fingerprint density at radius 2 is 2.32 bits per heavy atom. The smallest absolute Gasteiger partial charge is 0.239 e. The quantitative estimate of drug-likeness (QED) is 0.549. The van der Waals surface area contributed by atoms with Gasteiger partial charge in [0.2, 0.25) is 5.91 Å². The highest BCUT2D eigenvalue weighted by Gasteiger charge is 2.23. The molecule has 0 saturated heterocycles. The number of carbonyl (C=O) groups is 1. The second-order valence-electron chi connectivity index (χ2n) is 5.86. The SMILES string of the molecule is CN=C(NCC(=O)NC)NC1CCc2cn(C(C)C)nc2C1. The van der Waals surface area contributed by atoms with Crippen LogP contribution < -0.4 is 16.0 Å². The molecule has 0 aromatic carbocycles. The van der Waals surface area contributed by atoms with E-state index in [9.17, 15) is 4.79 Å². The molecule has 1 aromatic heterocycles. The van der Waals surface area contributed by atoms with Crippen LogP contribution in [0.2, 0.25) is 0 Å². The number of hydrogen-bond donors (Lipinski definition) is 3. The molecule has 22 heavy (non-hydrogen) atoms. The van der Waals surface area contributed by atoms with Gasteiger partial charge in [0.15, 0.2) is 5.96 Å². The van der Waals surface area contributed by atoms with E-state index in [1.54, 1.807) is 14.1 Å². The summed E-state index contributed by atoms with van der Waals surface area (Å²) in [6.07, 6.45) is 5.11. The highest BCUT2D eigenvalue weighted by molar-refractivity contribution is 5.86. The summed E-state index contributed by atoms with van der Waals surface area (Å²) < 4.78 is 2.03. The fraction of sp³-hybridized carbons (Fsp3) is 0.667. The van der Waals surface area contributed by atoms with Gasteiger partial charge in [-0.25, -0.2) is 0 Å². The lowest BCUT2D eigenvalue weighted by atomic mass is 9.94.